The van der Waals surface area contributed by atoms with Gasteiger partial charge < -0.3 is 5.73 Å². The van der Waals surface area contributed by atoms with E-state index in [1.165, 1.54) is 0 Å². The lowest BCUT2D eigenvalue weighted by Crippen LogP contribution is -1.97. The minimum absolute atomic E-state index is 0.629. The molecule has 0 aromatic carbocycles. The van der Waals surface area contributed by atoms with E-state index in [4.69, 9.17) is 5.73 Å². The predicted octanol–water partition coefficient (Wildman–Crippen LogP) is 2.46. The molecule has 12 heavy (non-hydrogen) atoms. The minimum atomic E-state index is 0.629. The van der Waals surface area contributed by atoms with Crippen molar-refractivity contribution < 1.29 is 0 Å². The van der Waals surface area contributed by atoms with Gasteiger partial charge in [0, 0.05) is 16.7 Å². The SMILES string of the molecule is C=CSc1ccnc(N)c1CC. The average Bonchev–Trinajstić information content (AvgIpc) is 2.05. The molecule has 0 spiro atoms. The van der Waals surface area contributed by atoms with Gasteiger partial charge in [-0.25, -0.2) is 4.98 Å². The van der Waals surface area contributed by atoms with Crippen LogP contribution in [0.25, 0.3) is 0 Å². The van der Waals surface area contributed by atoms with Crippen LogP contribution in [0.15, 0.2) is 29.1 Å². The van der Waals surface area contributed by atoms with E-state index in [9.17, 15) is 0 Å². The number of rotatable bonds is 3. The van der Waals surface area contributed by atoms with Crippen molar-refractivity contribution in [3.8, 4) is 0 Å². The number of nitrogen functional groups attached to an aromatic ring is 1. The summed E-state index contributed by atoms with van der Waals surface area (Å²) in [5.41, 5.74) is 6.82. The molecular weight excluding hydrogens is 168 g/mol. The van der Waals surface area contributed by atoms with Crippen molar-refractivity contribution in [3.05, 3.63) is 29.8 Å². The van der Waals surface area contributed by atoms with Crippen LogP contribution < -0.4 is 5.73 Å². The van der Waals surface area contributed by atoms with E-state index in [0.717, 1.165) is 16.9 Å². The zero-order valence-electron chi connectivity index (χ0n) is 7.08. The first kappa shape index (κ1) is 9.13. The van der Waals surface area contributed by atoms with E-state index in [2.05, 4.69) is 18.5 Å². The monoisotopic (exact) mass is 180 g/mol. The highest BCUT2D eigenvalue weighted by Gasteiger charge is 2.03. The van der Waals surface area contributed by atoms with Gasteiger partial charge in [-0.2, -0.15) is 0 Å². The number of thioether (sulfide) groups is 1. The number of nitrogens with zero attached hydrogens (tertiary/aromatic N) is 1. The van der Waals surface area contributed by atoms with Gasteiger partial charge in [0.1, 0.15) is 5.82 Å². The zero-order valence-corrected chi connectivity index (χ0v) is 7.90. The lowest BCUT2D eigenvalue weighted by Gasteiger charge is -2.06. The van der Waals surface area contributed by atoms with E-state index < -0.39 is 0 Å². The molecule has 0 aliphatic carbocycles. The highest BCUT2D eigenvalue weighted by atomic mass is 32.2. The highest BCUT2D eigenvalue weighted by Crippen LogP contribution is 2.26. The summed E-state index contributed by atoms with van der Waals surface area (Å²) in [6.45, 7) is 5.73. The Hall–Kier alpha value is -0.960. The fourth-order valence-electron chi connectivity index (χ4n) is 1.05. The van der Waals surface area contributed by atoms with Crippen LogP contribution in [-0.4, -0.2) is 4.98 Å². The van der Waals surface area contributed by atoms with Gasteiger partial charge in [-0.1, -0.05) is 25.3 Å². The van der Waals surface area contributed by atoms with E-state index in [0.29, 0.717) is 5.82 Å². The van der Waals surface area contributed by atoms with Gasteiger partial charge in [-0.05, 0) is 17.9 Å². The molecule has 0 aliphatic heterocycles. The molecule has 1 rings (SSSR count). The molecule has 1 heterocycles. The average molecular weight is 180 g/mol. The third kappa shape index (κ3) is 1.80. The van der Waals surface area contributed by atoms with E-state index in [-0.39, 0.29) is 0 Å². The maximum Gasteiger partial charge on any atom is 0.127 e. The van der Waals surface area contributed by atoms with Gasteiger partial charge >= 0.3 is 0 Å². The Morgan fingerprint density at radius 1 is 1.75 bits per heavy atom. The lowest BCUT2D eigenvalue weighted by atomic mass is 10.2. The van der Waals surface area contributed by atoms with Crippen LogP contribution in [0.1, 0.15) is 12.5 Å². The number of nitrogens with two attached hydrogens (primary N) is 1. The Morgan fingerprint density at radius 2 is 2.50 bits per heavy atom. The van der Waals surface area contributed by atoms with Crippen molar-refractivity contribution in [2.24, 2.45) is 0 Å². The molecule has 0 atom stereocenters. The molecule has 0 saturated heterocycles. The molecule has 2 nitrogen and oxygen atoms in total. The number of aromatic nitrogens is 1. The third-order valence-electron chi connectivity index (χ3n) is 1.61. The number of hydrogen-bond donors (Lipinski definition) is 1. The third-order valence-corrected chi connectivity index (χ3v) is 2.41. The fraction of sp³-hybridized carbons (Fsp3) is 0.222. The number of pyridine rings is 1. The number of anilines is 1. The second-order valence-corrected chi connectivity index (χ2v) is 3.32. The second-order valence-electron chi connectivity index (χ2n) is 2.31. The molecule has 0 bridgehead atoms. The van der Waals surface area contributed by atoms with Gasteiger partial charge in [-0.3, -0.25) is 0 Å². The van der Waals surface area contributed by atoms with Gasteiger partial charge in [0.25, 0.3) is 0 Å². The summed E-state index contributed by atoms with van der Waals surface area (Å²) < 4.78 is 0. The molecule has 1 aromatic heterocycles. The highest BCUT2D eigenvalue weighted by molar-refractivity contribution is 8.02. The molecule has 0 radical (unpaired) electrons. The first-order valence-electron chi connectivity index (χ1n) is 3.80. The normalized spacial score (nSPS) is 9.75. The van der Waals surface area contributed by atoms with Gasteiger partial charge in [0.05, 0.1) is 0 Å². The van der Waals surface area contributed by atoms with E-state index in [1.54, 1.807) is 23.4 Å². The fourth-order valence-corrected chi connectivity index (χ4v) is 1.76. The van der Waals surface area contributed by atoms with Crippen LogP contribution in [0.4, 0.5) is 5.82 Å². The van der Waals surface area contributed by atoms with E-state index >= 15 is 0 Å². The molecule has 0 aliphatic rings. The molecule has 0 saturated carbocycles. The standard InChI is InChI=1S/C9H12N2S/c1-3-7-8(12-4-2)5-6-11-9(7)10/h4-6H,2-3H2,1H3,(H2,10,11). The van der Waals surface area contributed by atoms with Crippen molar-refractivity contribution >= 4 is 17.6 Å². The summed E-state index contributed by atoms with van der Waals surface area (Å²) >= 11 is 1.58. The first-order valence-corrected chi connectivity index (χ1v) is 4.68. The Balaban J connectivity index is 3.08. The maximum absolute atomic E-state index is 5.70. The first-order chi connectivity index (χ1) is 5.79. The van der Waals surface area contributed by atoms with Crippen LogP contribution in [0.5, 0.6) is 0 Å². The summed E-state index contributed by atoms with van der Waals surface area (Å²) in [5, 5.41) is 1.80. The van der Waals surface area contributed by atoms with Crippen LogP contribution in [0.2, 0.25) is 0 Å². The molecule has 64 valence electrons. The molecular formula is C9H12N2S. The second kappa shape index (κ2) is 4.16. The Bertz CT molecular complexity index is 284. The van der Waals surface area contributed by atoms with Crippen molar-refractivity contribution in [1.82, 2.24) is 4.98 Å². The van der Waals surface area contributed by atoms with Crippen LogP contribution in [-0.2, 0) is 6.42 Å². The van der Waals surface area contributed by atoms with Gasteiger partial charge in [0.15, 0.2) is 0 Å². The Labute approximate surface area is 76.9 Å². The molecule has 3 heteroatoms. The summed E-state index contributed by atoms with van der Waals surface area (Å²) in [6.07, 6.45) is 2.64. The summed E-state index contributed by atoms with van der Waals surface area (Å²) in [7, 11) is 0. The van der Waals surface area contributed by atoms with Gasteiger partial charge in [-0.15, -0.1) is 0 Å². The summed E-state index contributed by atoms with van der Waals surface area (Å²) in [6, 6.07) is 1.96. The number of hydrogen-bond acceptors (Lipinski definition) is 3. The van der Waals surface area contributed by atoms with Crippen LogP contribution in [0.3, 0.4) is 0 Å². The van der Waals surface area contributed by atoms with Crippen molar-refractivity contribution in [3.63, 3.8) is 0 Å². The molecule has 1 aromatic rings. The Kier molecular flexibility index (Phi) is 3.17. The van der Waals surface area contributed by atoms with Crippen LogP contribution >= 0.6 is 11.8 Å². The summed E-state index contributed by atoms with van der Waals surface area (Å²) in [5.74, 6) is 0.629. The van der Waals surface area contributed by atoms with Crippen molar-refractivity contribution in [2.75, 3.05) is 5.73 Å². The molecule has 2 N–H and O–H groups in total. The quantitative estimate of drug-likeness (QED) is 0.726. The molecule has 0 amide bonds. The smallest absolute Gasteiger partial charge is 0.127 e. The molecule has 0 fully saturated rings. The predicted molar refractivity (Wildman–Crippen MR) is 54.1 cm³/mol. The van der Waals surface area contributed by atoms with Crippen molar-refractivity contribution in [1.29, 1.82) is 0 Å². The lowest BCUT2D eigenvalue weighted by molar-refractivity contribution is 1.06. The maximum atomic E-state index is 5.70. The Morgan fingerprint density at radius 3 is 3.08 bits per heavy atom. The molecule has 0 unspecified atom stereocenters. The van der Waals surface area contributed by atoms with Gasteiger partial charge in [0.2, 0.25) is 0 Å². The minimum Gasteiger partial charge on any atom is -0.383 e. The largest absolute Gasteiger partial charge is 0.383 e. The topological polar surface area (TPSA) is 38.9 Å². The zero-order chi connectivity index (χ0) is 8.97. The summed E-state index contributed by atoms with van der Waals surface area (Å²) in [4.78, 5) is 5.18. The van der Waals surface area contributed by atoms with Crippen LogP contribution in [0, 0.1) is 0 Å². The van der Waals surface area contributed by atoms with Crippen molar-refractivity contribution in [2.45, 2.75) is 18.2 Å². The van der Waals surface area contributed by atoms with E-state index in [1.807, 2.05) is 6.07 Å².